The summed E-state index contributed by atoms with van der Waals surface area (Å²) in [7, 11) is 0. The number of carbonyl (C=O) groups is 1. The highest BCUT2D eigenvalue weighted by molar-refractivity contribution is 5.72. The van der Waals surface area contributed by atoms with Crippen LogP contribution in [0.3, 0.4) is 0 Å². The van der Waals surface area contributed by atoms with Crippen molar-refractivity contribution in [3.05, 3.63) is 59.2 Å². The van der Waals surface area contributed by atoms with Gasteiger partial charge in [-0.25, -0.2) is 13.6 Å². The van der Waals surface area contributed by atoms with E-state index in [9.17, 15) is 28.9 Å². The fourth-order valence-corrected chi connectivity index (χ4v) is 5.35. The maximum atomic E-state index is 13.7. The lowest BCUT2D eigenvalue weighted by Gasteiger charge is -2.38. The number of benzene rings is 2. The second-order valence-corrected chi connectivity index (χ2v) is 10.3. The average Bonchev–Trinajstić information content (AvgIpc) is 2.92. The lowest BCUT2D eigenvalue weighted by Crippen LogP contribution is -2.52. The molecule has 5 rings (SSSR count). The topological polar surface area (TPSA) is 127 Å². The standard InChI is InChI=1S/C28H33F2NO8/c29-17-3-7-21-15(9-17)1-5-23(37-21)20(33)12-31-13-26(39-27-14-36-25(28(34)35)11-19(27)32)24-6-2-16-10-18(30)4-8-22(16)38-24/h3-4,7-10,19-20,23-27,31-33H,1-2,5-6,11-14H2,(H,34,35). The number of aliphatic carboxylic acids is 1. The zero-order valence-corrected chi connectivity index (χ0v) is 21.3. The first-order valence-electron chi connectivity index (χ1n) is 13.2. The van der Waals surface area contributed by atoms with Gasteiger partial charge in [0.05, 0.1) is 12.7 Å². The molecule has 212 valence electrons. The molecule has 3 aliphatic heterocycles. The fraction of sp³-hybridized carbons (Fsp3) is 0.536. The molecule has 7 unspecified atom stereocenters. The zero-order chi connectivity index (χ0) is 27.5. The molecule has 0 spiro atoms. The smallest absolute Gasteiger partial charge is 0.332 e. The SMILES string of the molecule is O=C(O)C1CC(O)C(OC(CNCC(O)C2CCc3cc(F)ccc3O2)C2CCc3cc(F)ccc3O2)CO1. The maximum Gasteiger partial charge on any atom is 0.332 e. The number of nitrogens with one attached hydrogen (secondary N) is 1. The quantitative estimate of drug-likeness (QED) is 0.372. The van der Waals surface area contributed by atoms with E-state index < -0.39 is 48.7 Å². The van der Waals surface area contributed by atoms with Gasteiger partial charge in [-0.1, -0.05) is 0 Å². The summed E-state index contributed by atoms with van der Waals surface area (Å²) in [5.41, 5.74) is 1.53. The molecular weight excluding hydrogens is 516 g/mol. The van der Waals surface area contributed by atoms with Crippen LogP contribution in [0.1, 0.15) is 30.4 Å². The number of fused-ring (bicyclic) bond motifs is 2. The van der Waals surface area contributed by atoms with Gasteiger partial charge < -0.3 is 39.6 Å². The van der Waals surface area contributed by atoms with Gasteiger partial charge >= 0.3 is 5.97 Å². The molecule has 0 radical (unpaired) electrons. The molecule has 1 saturated heterocycles. The highest BCUT2D eigenvalue weighted by atomic mass is 19.1. The predicted octanol–water partition coefficient (Wildman–Crippen LogP) is 1.99. The summed E-state index contributed by atoms with van der Waals surface area (Å²) >= 11 is 0. The van der Waals surface area contributed by atoms with Gasteiger partial charge in [0.2, 0.25) is 0 Å². The number of carboxylic acids is 1. The highest BCUT2D eigenvalue weighted by Crippen LogP contribution is 2.32. The maximum absolute atomic E-state index is 13.7. The second-order valence-electron chi connectivity index (χ2n) is 10.3. The Morgan fingerprint density at radius 3 is 2.23 bits per heavy atom. The lowest BCUT2D eigenvalue weighted by molar-refractivity contribution is -0.190. The van der Waals surface area contributed by atoms with Crippen LogP contribution in [0.15, 0.2) is 36.4 Å². The molecule has 11 heteroatoms. The molecule has 2 aromatic rings. The third kappa shape index (κ3) is 6.67. The van der Waals surface area contributed by atoms with Crippen LogP contribution in [0.5, 0.6) is 11.5 Å². The Morgan fingerprint density at radius 2 is 1.62 bits per heavy atom. The largest absolute Gasteiger partial charge is 0.487 e. The van der Waals surface area contributed by atoms with Gasteiger partial charge in [-0.2, -0.15) is 0 Å². The van der Waals surface area contributed by atoms with Crippen LogP contribution < -0.4 is 14.8 Å². The number of carboxylic acid groups (broad SMARTS) is 1. The molecule has 3 heterocycles. The van der Waals surface area contributed by atoms with Gasteiger partial charge in [0.1, 0.15) is 53.7 Å². The van der Waals surface area contributed by atoms with Crippen LogP contribution in [-0.4, -0.2) is 83.7 Å². The zero-order valence-electron chi connectivity index (χ0n) is 21.3. The molecule has 2 aromatic carbocycles. The third-order valence-electron chi connectivity index (χ3n) is 7.51. The summed E-state index contributed by atoms with van der Waals surface area (Å²) < 4.78 is 50.8. The monoisotopic (exact) mass is 549 g/mol. The first-order valence-corrected chi connectivity index (χ1v) is 13.2. The molecule has 39 heavy (non-hydrogen) atoms. The molecule has 0 aromatic heterocycles. The normalized spacial score (nSPS) is 27.8. The number of rotatable bonds is 9. The Hall–Kier alpha value is -2.83. The van der Waals surface area contributed by atoms with Crippen molar-refractivity contribution in [2.45, 2.75) is 74.8 Å². The van der Waals surface area contributed by atoms with Gasteiger partial charge in [0.15, 0.2) is 6.10 Å². The van der Waals surface area contributed by atoms with E-state index >= 15 is 0 Å². The Morgan fingerprint density at radius 1 is 1.00 bits per heavy atom. The Kier molecular flexibility index (Phi) is 8.63. The van der Waals surface area contributed by atoms with Gasteiger partial charge in [0.25, 0.3) is 0 Å². The summed E-state index contributed by atoms with van der Waals surface area (Å²) in [6.07, 6.45) is -3.13. The van der Waals surface area contributed by atoms with E-state index in [1.54, 1.807) is 12.1 Å². The summed E-state index contributed by atoms with van der Waals surface area (Å²) in [6, 6.07) is 8.68. The number of hydrogen-bond donors (Lipinski definition) is 4. The number of hydrogen-bond acceptors (Lipinski definition) is 8. The Labute approximate surface area is 224 Å². The summed E-state index contributed by atoms with van der Waals surface area (Å²) in [4.78, 5) is 11.3. The number of ether oxygens (including phenoxy) is 4. The van der Waals surface area contributed by atoms with Crippen molar-refractivity contribution in [2.24, 2.45) is 0 Å². The molecule has 4 N–H and O–H groups in total. The summed E-state index contributed by atoms with van der Waals surface area (Å²) in [5, 5.41) is 33.8. The minimum atomic E-state index is -1.14. The predicted molar refractivity (Wildman–Crippen MR) is 134 cm³/mol. The van der Waals surface area contributed by atoms with Crippen molar-refractivity contribution in [2.75, 3.05) is 19.7 Å². The second kappa shape index (κ2) is 12.1. The number of halogens is 2. The van der Waals surface area contributed by atoms with E-state index in [-0.39, 0.29) is 37.8 Å². The molecular formula is C28H33F2NO8. The first-order chi connectivity index (χ1) is 18.8. The van der Waals surface area contributed by atoms with Crippen molar-refractivity contribution in [1.82, 2.24) is 5.32 Å². The van der Waals surface area contributed by atoms with Crippen molar-refractivity contribution in [3.8, 4) is 11.5 Å². The summed E-state index contributed by atoms with van der Waals surface area (Å²) in [5.74, 6) is -0.694. The molecule has 0 bridgehead atoms. The molecule has 0 saturated carbocycles. The van der Waals surface area contributed by atoms with E-state index in [1.165, 1.54) is 24.3 Å². The molecule has 0 aliphatic carbocycles. The summed E-state index contributed by atoms with van der Waals surface area (Å²) in [6.45, 7) is 0.334. The van der Waals surface area contributed by atoms with Crippen molar-refractivity contribution >= 4 is 5.97 Å². The van der Waals surface area contributed by atoms with E-state index in [1.807, 2.05) is 0 Å². The van der Waals surface area contributed by atoms with Crippen LogP contribution in [0.4, 0.5) is 8.78 Å². The van der Waals surface area contributed by atoms with Crippen molar-refractivity contribution < 1.29 is 47.8 Å². The number of aliphatic hydroxyl groups excluding tert-OH is 2. The van der Waals surface area contributed by atoms with Gasteiger partial charge in [-0.15, -0.1) is 0 Å². The lowest BCUT2D eigenvalue weighted by atomic mass is 9.97. The minimum absolute atomic E-state index is 0.0955. The number of aryl methyl sites for hydroxylation is 2. The Balaban J connectivity index is 1.21. The van der Waals surface area contributed by atoms with Crippen LogP contribution >= 0.6 is 0 Å². The van der Waals surface area contributed by atoms with E-state index in [0.29, 0.717) is 37.2 Å². The first kappa shape index (κ1) is 27.7. The van der Waals surface area contributed by atoms with E-state index in [4.69, 9.17) is 18.9 Å². The van der Waals surface area contributed by atoms with Crippen LogP contribution in [0.2, 0.25) is 0 Å². The van der Waals surface area contributed by atoms with E-state index in [2.05, 4.69) is 5.32 Å². The Bertz CT molecular complexity index is 1170. The van der Waals surface area contributed by atoms with Crippen molar-refractivity contribution in [1.29, 1.82) is 0 Å². The number of aliphatic hydroxyl groups is 2. The highest BCUT2D eigenvalue weighted by Gasteiger charge is 2.38. The van der Waals surface area contributed by atoms with Gasteiger partial charge in [-0.05, 0) is 73.2 Å². The van der Waals surface area contributed by atoms with Crippen LogP contribution in [0.25, 0.3) is 0 Å². The third-order valence-corrected chi connectivity index (χ3v) is 7.51. The van der Waals surface area contributed by atoms with Crippen molar-refractivity contribution in [3.63, 3.8) is 0 Å². The molecule has 0 amide bonds. The van der Waals surface area contributed by atoms with Crippen LogP contribution in [-0.2, 0) is 27.1 Å². The van der Waals surface area contributed by atoms with Gasteiger partial charge in [0, 0.05) is 19.5 Å². The minimum Gasteiger partial charge on any atom is -0.487 e. The molecule has 7 atom stereocenters. The molecule has 3 aliphatic rings. The van der Waals surface area contributed by atoms with Crippen LogP contribution in [0, 0.1) is 11.6 Å². The molecule has 1 fully saturated rings. The van der Waals surface area contributed by atoms with Gasteiger partial charge in [-0.3, -0.25) is 0 Å². The average molecular weight is 550 g/mol. The van der Waals surface area contributed by atoms with E-state index in [0.717, 1.165) is 11.1 Å². The molecule has 9 nitrogen and oxygen atoms in total. The fourth-order valence-electron chi connectivity index (χ4n) is 5.35.